The van der Waals surface area contributed by atoms with Crippen molar-refractivity contribution in [3.8, 4) is 0 Å². The fourth-order valence-corrected chi connectivity index (χ4v) is 2.45. The number of carbonyl (C=O) groups excluding carboxylic acids is 3. The Kier molecular flexibility index (Phi) is 6.63. The molecule has 2 aromatic carbocycles. The lowest BCUT2D eigenvalue weighted by atomic mass is 10.1. The smallest absolute Gasteiger partial charge is 0.279 e. The largest absolute Gasteiger partial charge is 0.322 e. The molecule has 136 valence electrons. The second-order valence-corrected chi connectivity index (χ2v) is 6.41. The maximum absolute atomic E-state index is 12.1. The summed E-state index contributed by atoms with van der Waals surface area (Å²) in [5, 5.41) is 5.58. The molecule has 2 rings (SSSR count). The Balaban J connectivity index is 1.79. The Bertz CT molecular complexity index is 783. The molecule has 0 saturated carbocycles. The molecular formula is C20H24N3O3+. The van der Waals surface area contributed by atoms with E-state index in [1.807, 2.05) is 31.2 Å². The molecule has 6 heteroatoms. The number of quaternary nitrogens is 1. The summed E-state index contributed by atoms with van der Waals surface area (Å²) in [7, 11) is 1.78. The first-order valence-corrected chi connectivity index (χ1v) is 8.42. The average molecular weight is 354 g/mol. The minimum absolute atomic E-state index is 0.0216. The number of nitrogens with one attached hydrogen (secondary N) is 3. The summed E-state index contributed by atoms with van der Waals surface area (Å²) in [6.45, 7) is 3.82. The van der Waals surface area contributed by atoms with Crippen molar-refractivity contribution in [1.82, 2.24) is 0 Å². The molecule has 0 radical (unpaired) electrons. The molecule has 0 aliphatic carbocycles. The van der Waals surface area contributed by atoms with Gasteiger partial charge in [0.25, 0.3) is 11.8 Å². The monoisotopic (exact) mass is 354 g/mol. The van der Waals surface area contributed by atoms with Crippen LogP contribution in [0.4, 0.5) is 11.4 Å². The summed E-state index contributed by atoms with van der Waals surface area (Å²) < 4.78 is 0. The third-order valence-electron chi connectivity index (χ3n) is 3.84. The van der Waals surface area contributed by atoms with Gasteiger partial charge in [-0.3, -0.25) is 14.4 Å². The van der Waals surface area contributed by atoms with Gasteiger partial charge in [0.15, 0.2) is 18.9 Å². The number of carbonyl (C=O) groups is 3. The van der Waals surface area contributed by atoms with Crippen molar-refractivity contribution < 1.29 is 19.3 Å². The van der Waals surface area contributed by atoms with E-state index in [9.17, 15) is 14.4 Å². The maximum Gasteiger partial charge on any atom is 0.279 e. The number of hydrogen-bond donors (Lipinski definition) is 3. The van der Waals surface area contributed by atoms with E-state index in [0.29, 0.717) is 11.3 Å². The number of rotatable bonds is 7. The van der Waals surface area contributed by atoms with Crippen LogP contribution < -0.4 is 15.5 Å². The number of anilines is 2. The van der Waals surface area contributed by atoms with Gasteiger partial charge in [0.05, 0.1) is 7.05 Å². The molecule has 0 heterocycles. The SMILES string of the molecule is CC(=O)c1ccc(NC(=O)C[NH+](C)CC(=O)Nc2ccc(C)cc2)cc1. The number of likely N-dealkylation sites (N-methyl/N-ethyl adjacent to an activating group) is 1. The fourth-order valence-electron chi connectivity index (χ4n) is 2.45. The van der Waals surface area contributed by atoms with Gasteiger partial charge in [-0.25, -0.2) is 0 Å². The Morgan fingerprint density at radius 1 is 0.808 bits per heavy atom. The third kappa shape index (κ3) is 6.14. The molecule has 0 aromatic heterocycles. The van der Waals surface area contributed by atoms with Gasteiger partial charge in [-0.15, -0.1) is 0 Å². The normalized spacial score (nSPS) is 11.5. The predicted molar refractivity (Wildman–Crippen MR) is 102 cm³/mol. The molecule has 0 aliphatic heterocycles. The van der Waals surface area contributed by atoms with Crippen molar-refractivity contribution in [1.29, 1.82) is 0 Å². The van der Waals surface area contributed by atoms with Crippen LogP contribution in [-0.4, -0.2) is 37.7 Å². The number of amides is 2. The molecular weight excluding hydrogens is 330 g/mol. The Morgan fingerprint density at radius 2 is 1.23 bits per heavy atom. The van der Waals surface area contributed by atoms with E-state index in [1.165, 1.54) is 6.92 Å². The van der Waals surface area contributed by atoms with Crippen LogP contribution in [0.5, 0.6) is 0 Å². The van der Waals surface area contributed by atoms with Gasteiger partial charge >= 0.3 is 0 Å². The van der Waals surface area contributed by atoms with E-state index in [1.54, 1.807) is 31.3 Å². The molecule has 0 aliphatic rings. The van der Waals surface area contributed by atoms with Crippen molar-refractivity contribution in [3.05, 3.63) is 59.7 Å². The van der Waals surface area contributed by atoms with Crippen molar-refractivity contribution in [2.24, 2.45) is 0 Å². The van der Waals surface area contributed by atoms with Crippen molar-refractivity contribution in [2.45, 2.75) is 13.8 Å². The van der Waals surface area contributed by atoms with Crippen LogP contribution in [0.2, 0.25) is 0 Å². The van der Waals surface area contributed by atoms with Gasteiger partial charge in [0.1, 0.15) is 0 Å². The summed E-state index contributed by atoms with van der Waals surface area (Å²) in [6.07, 6.45) is 0. The summed E-state index contributed by atoms with van der Waals surface area (Å²) in [5.41, 5.74) is 3.08. The topological polar surface area (TPSA) is 79.7 Å². The van der Waals surface area contributed by atoms with E-state index in [2.05, 4.69) is 10.6 Å². The van der Waals surface area contributed by atoms with Gasteiger partial charge in [-0.1, -0.05) is 17.7 Å². The molecule has 1 unspecified atom stereocenters. The molecule has 6 nitrogen and oxygen atoms in total. The maximum atomic E-state index is 12.1. The Hall–Kier alpha value is -2.99. The van der Waals surface area contributed by atoms with Gasteiger partial charge in [-0.2, -0.15) is 0 Å². The van der Waals surface area contributed by atoms with Gasteiger partial charge in [-0.05, 0) is 50.2 Å². The van der Waals surface area contributed by atoms with Crippen LogP contribution in [0.1, 0.15) is 22.8 Å². The van der Waals surface area contributed by atoms with Gasteiger partial charge in [0.2, 0.25) is 0 Å². The summed E-state index contributed by atoms with van der Waals surface area (Å²) in [6, 6.07) is 14.3. The average Bonchev–Trinajstić information content (AvgIpc) is 2.57. The highest BCUT2D eigenvalue weighted by Crippen LogP contribution is 2.10. The van der Waals surface area contributed by atoms with Crippen molar-refractivity contribution >= 4 is 29.0 Å². The van der Waals surface area contributed by atoms with E-state index in [0.717, 1.165) is 16.2 Å². The van der Waals surface area contributed by atoms with Crippen LogP contribution in [0, 0.1) is 6.92 Å². The minimum Gasteiger partial charge on any atom is -0.322 e. The molecule has 0 bridgehead atoms. The number of aryl methyl sites for hydroxylation is 1. The zero-order valence-corrected chi connectivity index (χ0v) is 15.3. The van der Waals surface area contributed by atoms with Crippen LogP contribution >= 0.6 is 0 Å². The first-order valence-electron chi connectivity index (χ1n) is 8.42. The van der Waals surface area contributed by atoms with E-state index >= 15 is 0 Å². The molecule has 0 saturated heterocycles. The third-order valence-corrected chi connectivity index (χ3v) is 3.84. The van der Waals surface area contributed by atoms with Crippen LogP contribution in [0.3, 0.4) is 0 Å². The second-order valence-electron chi connectivity index (χ2n) is 6.41. The zero-order valence-electron chi connectivity index (χ0n) is 15.3. The summed E-state index contributed by atoms with van der Waals surface area (Å²) in [4.78, 5) is 36.2. The lowest BCUT2D eigenvalue weighted by Gasteiger charge is -2.14. The highest BCUT2D eigenvalue weighted by Gasteiger charge is 2.14. The molecule has 3 N–H and O–H groups in total. The fraction of sp³-hybridized carbons (Fsp3) is 0.250. The number of benzene rings is 2. The highest BCUT2D eigenvalue weighted by atomic mass is 16.2. The number of hydrogen-bond acceptors (Lipinski definition) is 3. The second kappa shape index (κ2) is 8.92. The standard InChI is InChI=1S/C20H23N3O3/c1-14-4-8-17(9-5-14)21-19(25)12-23(3)13-20(26)22-18-10-6-16(7-11-18)15(2)24/h4-11H,12-13H2,1-3H3,(H,21,25)(H,22,26)/p+1. The van der Waals surface area contributed by atoms with Gasteiger partial charge < -0.3 is 15.5 Å². The van der Waals surface area contributed by atoms with E-state index < -0.39 is 0 Å². The molecule has 26 heavy (non-hydrogen) atoms. The van der Waals surface area contributed by atoms with Crippen molar-refractivity contribution in [2.75, 3.05) is 30.8 Å². The lowest BCUT2D eigenvalue weighted by molar-refractivity contribution is -0.862. The van der Waals surface area contributed by atoms with Crippen molar-refractivity contribution in [3.63, 3.8) is 0 Å². The molecule has 0 fully saturated rings. The Morgan fingerprint density at radius 3 is 1.65 bits per heavy atom. The van der Waals surface area contributed by atoms with Crippen LogP contribution in [0.25, 0.3) is 0 Å². The molecule has 0 spiro atoms. The first-order chi connectivity index (χ1) is 12.3. The van der Waals surface area contributed by atoms with E-state index in [-0.39, 0.29) is 30.7 Å². The first kappa shape index (κ1) is 19.3. The highest BCUT2D eigenvalue weighted by molar-refractivity contribution is 5.96. The van der Waals surface area contributed by atoms with Gasteiger partial charge in [0, 0.05) is 16.9 Å². The Labute approximate surface area is 153 Å². The predicted octanol–water partition coefficient (Wildman–Crippen LogP) is 1.29. The molecule has 1 atom stereocenters. The molecule has 2 amide bonds. The molecule has 2 aromatic rings. The summed E-state index contributed by atoms with van der Waals surface area (Å²) in [5.74, 6) is -0.363. The summed E-state index contributed by atoms with van der Waals surface area (Å²) >= 11 is 0. The quantitative estimate of drug-likeness (QED) is 0.656. The zero-order chi connectivity index (χ0) is 19.1. The van der Waals surface area contributed by atoms with E-state index in [4.69, 9.17) is 0 Å². The van der Waals surface area contributed by atoms with Crippen LogP contribution in [-0.2, 0) is 9.59 Å². The number of ketones is 1. The number of Topliss-reactive ketones (excluding diaryl/α,β-unsaturated/α-hetero) is 1. The van der Waals surface area contributed by atoms with Crippen LogP contribution in [0.15, 0.2) is 48.5 Å². The minimum atomic E-state index is -0.193. The lowest BCUT2D eigenvalue weighted by Crippen LogP contribution is -3.11.